The SMILES string of the molecule is CCC(F)(F)c1ccc(CNC(=O)C2CN(C(=O)NCC(=O)O)CCN2S(=O)(=O)c2ccc(OC(F)(F)F)cc2)cc1. The zero-order valence-electron chi connectivity index (χ0n) is 22.0. The number of nitrogens with one attached hydrogen (secondary N) is 2. The molecule has 1 unspecified atom stereocenters. The van der Waals surface area contributed by atoms with E-state index in [1.54, 1.807) is 0 Å². The van der Waals surface area contributed by atoms with Gasteiger partial charge in [-0.1, -0.05) is 31.2 Å². The predicted octanol–water partition coefficient (Wildman–Crippen LogP) is 2.87. The number of nitrogens with zero attached hydrogens (tertiary/aromatic N) is 2. The van der Waals surface area contributed by atoms with Gasteiger partial charge in [0.25, 0.3) is 5.92 Å². The van der Waals surface area contributed by atoms with Crippen LogP contribution in [0.2, 0.25) is 0 Å². The van der Waals surface area contributed by atoms with E-state index >= 15 is 0 Å². The largest absolute Gasteiger partial charge is 0.573 e. The van der Waals surface area contributed by atoms with Crippen LogP contribution in [0.5, 0.6) is 5.75 Å². The Morgan fingerprint density at radius 3 is 2.14 bits per heavy atom. The number of sulfonamides is 1. The average molecular weight is 623 g/mol. The van der Waals surface area contributed by atoms with E-state index in [2.05, 4.69) is 15.4 Å². The number of aliphatic carboxylic acids is 1. The van der Waals surface area contributed by atoms with E-state index in [9.17, 15) is 44.8 Å². The summed E-state index contributed by atoms with van der Waals surface area (Å²) >= 11 is 0. The number of hydrogen-bond donors (Lipinski definition) is 3. The number of halogens is 5. The number of carboxylic acid groups (broad SMARTS) is 1. The van der Waals surface area contributed by atoms with E-state index in [0.717, 1.165) is 33.5 Å². The smallest absolute Gasteiger partial charge is 0.480 e. The van der Waals surface area contributed by atoms with Crippen molar-refractivity contribution in [3.63, 3.8) is 0 Å². The first-order valence-corrected chi connectivity index (χ1v) is 13.8. The Labute approximate surface area is 237 Å². The molecule has 3 N–H and O–H groups in total. The van der Waals surface area contributed by atoms with E-state index in [-0.39, 0.29) is 18.7 Å². The van der Waals surface area contributed by atoms with E-state index in [1.165, 1.54) is 31.2 Å². The molecule has 3 amide bonds. The molecular weight excluding hydrogens is 595 g/mol. The van der Waals surface area contributed by atoms with Crippen molar-refractivity contribution in [3.8, 4) is 5.75 Å². The van der Waals surface area contributed by atoms with E-state index in [0.29, 0.717) is 5.56 Å². The van der Waals surface area contributed by atoms with Crippen LogP contribution in [0.1, 0.15) is 24.5 Å². The fourth-order valence-corrected chi connectivity index (χ4v) is 5.61. The highest BCUT2D eigenvalue weighted by atomic mass is 32.2. The lowest BCUT2D eigenvalue weighted by atomic mass is 10.0. The molecule has 0 aliphatic carbocycles. The Balaban J connectivity index is 1.82. The van der Waals surface area contributed by atoms with Crippen molar-refractivity contribution in [2.24, 2.45) is 0 Å². The van der Waals surface area contributed by atoms with Crippen LogP contribution in [0.25, 0.3) is 0 Å². The molecular formula is C25H27F5N4O7S. The van der Waals surface area contributed by atoms with Gasteiger partial charge in [0.1, 0.15) is 18.3 Å². The summed E-state index contributed by atoms with van der Waals surface area (Å²) in [5.74, 6) is -5.91. The first-order chi connectivity index (χ1) is 19.5. The van der Waals surface area contributed by atoms with Gasteiger partial charge in [-0.25, -0.2) is 22.0 Å². The number of carbonyl (C=O) groups is 3. The third-order valence-electron chi connectivity index (χ3n) is 6.26. The number of urea groups is 1. The van der Waals surface area contributed by atoms with Crippen LogP contribution in [-0.4, -0.2) is 79.2 Å². The molecule has 1 aliphatic heterocycles. The van der Waals surface area contributed by atoms with Crippen LogP contribution < -0.4 is 15.4 Å². The number of piperazine rings is 1. The lowest BCUT2D eigenvalue weighted by molar-refractivity contribution is -0.274. The molecule has 1 heterocycles. The monoisotopic (exact) mass is 622 g/mol. The minimum Gasteiger partial charge on any atom is -0.480 e. The van der Waals surface area contributed by atoms with Crippen LogP contribution in [0, 0.1) is 0 Å². The Morgan fingerprint density at radius 1 is 0.976 bits per heavy atom. The van der Waals surface area contributed by atoms with Gasteiger partial charge in [-0.15, -0.1) is 13.2 Å². The molecule has 11 nitrogen and oxygen atoms in total. The predicted molar refractivity (Wildman–Crippen MR) is 136 cm³/mol. The molecule has 0 bridgehead atoms. The molecule has 0 spiro atoms. The Bertz CT molecular complexity index is 1390. The molecule has 0 radical (unpaired) electrons. The van der Waals surface area contributed by atoms with Crippen molar-refractivity contribution in [2.75, 3.05) is 26.2 Å². The van der Waals surface area contributed by atoms with Gasteiger partial charge in [0.2, 0.25) is 15.9 Å². The lowest BCUT2D eigenvalue weighted by Crippen LogP contribution is -2.62. The molecule has 230 valence electrons. The summed E-state index contributed by atoms with van der Waals surface area (Å²) in [5.41, 5.74) is 0.194. The summed E-state index contributed by atoms with van der Waals surface area (Å²) in [5, 5.41) is 13.4. The minimum atomic E-state index is -5.00. The quantitative estimate of drug-likeness (QED) is 0.346. The number of carboxylic acids is 1. The third-order valence-corrected chi connectivity index (χ3v) is 8.19. The fraction of sp³-hybridized carbons (Fsp3) is 0.400. The molecule has 1 fully saturated rings. The molecule has 42 heavy (non-hydrogen) atoms. The fourth-order valence-electron chi connectivity index (χ4n) is 4.04. The van der Waals surface area contributed by atoms with E-state index in [4.69, 9.17) is 5.11 Å². The Hall–Kier alpha value is -3.99. The molecule has 0 saturated carbocycles. The lowest BCUT2D eigenvalue weighted by Gasteiger charge is -2.39. The maximum atomic E-state index is 13.9. The number of alkyl halides is 5. The van der Waals surface area contributed by atoms with Gasteiger partial charge in [-0.05, 0) is 29.8 Å². The second-order valence-electron chi connectivity index (χ2n) is 9.12. The van der Waals surface area contributed by atoms with Crippen molar-refractivity contribution in [2.45, 2.75) is 43.1 Å². The highest BCUT2D eigenvalue weighted by molar-refractivity contribution is 7.89. The Morgan fingerprint density at radius 2 is 1.60 bits per heavy atom. The van der Waals surface area contributed by atoms with Gasteiger partial charge in [0.15, 0.2) is 0 Å². The molecule has 17 heteroatoms. The second-order valence-corrected chi connectivity index (χ2v) is 11.0. The zero-order valence-corrected chi connectivity index (χ0v) is 22.8. The van der Waals surface area contributed by atoms with Crippen LogP contribution in [0.15, 0.2) is 53.4 Å². The maximum Gasteiger partial charge on any atom is 0.573 e. The number of hydrogen-bond acceptors (Lipinski definition) is 6. The molecule has 1 saturated heterocycles. The van der Waals surface area contributed by atoms with Crippen molar-refractivity contribution in [3.05, 3.63) is 59.7 Å². The zero-order chi connectivity index (χ0) is 31.3. The molecule has 1 atom stereocenters. The minimum absolute atomic E-state index is 0.185. The van der Waals surface area contributed by atoms with Crippen molar-refractivity contribution in [1.82, 2.24) is 19.8 Å². The normalized spacial score (nSPS) is 16.5. The maximum absolute atomic E-state index is 13.9. The third kappa shape index (κ3) is 8.28. The molecule has 2 aromatic rings. The van der Waals surface area contributed by atoms with Gasteiger partial charge < -0.3 is 25.4 Å². The summed E-state index contributed by atoms with van der Waals surface area (Å²) in [4.78, 5) is 37.1. The van der Waals surface area contributed by atoms with Crippen molar-refractivity contribution in [1.29, 1.82) is 0 Å². The molecule has 1 aliphatic rings. The van der Waals surface area contributed by atoms with Gasteiger partial charge in [0.05, 0.1) is 4.90 Å². The van der Waals surface area contributed by atoms with E-state index < -0.39 is 83.0 Å². The van der Waals surface area contributed by atoms with Crippen molar-refractivity contribution >= 4 is 27.9 Å². The summed E-state index contributed by atoms with van der Waals surface area (Å²) in [6.07, 6.45) is -5.41. The van der Waals surface area contributed by atoms with Crippen LogP contribution >= 0.6 is 0 Å². The Kier molecular flexibility index (Phi) is 9.98. The number of ether oxygens (including phenoxy) is 1. The first-order valence-electron chi connectivity index (χ1n) is 12.4. The van der Waals surface area contributed by atoms with Gasteiger partial charge in [0, 0.05) is 38.2 Å². The number of amides is 3. The topological polar surface area (TPSA) is 145 Å². The molecule has 0 aromatic heterocycles. The standard InChI is InChI=1S/C25H27F5N4O7S/c1-2-24(26,27)17-5-3-16(4-6-17)13-31-22(37)20-15-33(23(38)32-14-21(35)36)11-12-34(20)42(39,40)19-9-7-18(8-10-19)41-25(28,29)30/h3-10,20H,2,11-15H2,1H3,(H,31,37)(H,32,38)(H,35,36). The molecule has 2 aromatic carbocycles. The van der Waals surface area contributed by atoms with Crippen LogP contribution in [-0.2, 0) is 32.1 Å². The van der Waals surface area contributed by atoms with Crippen LogP contribution in [0.4, 0.5) is 26.7 Å². The molecule has 3 rings (SSSR count). The summed E-state index contributed by atoms with van der Waals surface area (Å²) in [6.45, 7) is -0.732. The highest BCUT2D eigenvalue weighted by Crippen LogP contribution is 2.31. The van der Waals surface area contributed by atoms with Crippen molar-refractivity contribution < 1.29 is 54.6 Å². The average Bonchev–Trinajstić information content (AvgIpc) is 2.93. The second kappa shape index (κ2) is 12.9. The summed E-state index contributed by atoms with van der Waals surface area (Å²) in [6, 6.07) is 6.04. The summed E-state index contributed by atoms with van der Waals surface area (Å²) in [7, 11) is -4.50. The van der Waals surface area contributed by atoms with Gasteiger partial charge >= 0.3 is 18.4 Å². The summed E-state index contributed by atoms with van der Waals surface area (Å²) < 4.78 is 96.7. The first kappa shape index (κ1) is 32.5. The van der Waals surface area contributed by atoms with Gasteiger partial charge in [-0.2, -0.15) is 4.31 Å². The van der Waals surface area contributed by atoms with Crippen LogP contribution in [0.3, 0.4) is 0 Å². The number of carbonyl (C=O) groups excluding carboxylic acids is 2. The number of benzene rings is 2. The van der Waals surface area contributed by atoms with Gasteiger partial charge in [-0.3, -0.25) is 9.59 Å². The number of rotatable bonds is 10. The van der Waals surface area contributed by atoms with E-state index in [1.807, 2.05) is 0 Å². The highest BCUT2D eigenvalue weighted by Gasteiger charge is 2.41.